The molecule has 2 N–H and O–H groups in total. The normalized spacial score (nSPS) is 11.1. The molecule has 0 aliphatic carbocycles. The van der Waals surface area contributed by atoms with Crippen molar-refractivity contribution >= 4 is 0 Å². The zero-order valence-electron chi connectivity index (χ0n) is 10.4. The van der Waals surface area contributed by atoms with E-state index in [1.807, 2.05) is 10.9 Å². The van der Waals surface area contributed by atoms with Crippen LogP contribution in [0, 0.1) is 0 Å². The van der Waals surface area contributed by atoms with Gasteiger partial charge in [-0.15, -0.1) is 0 Å². The highest BCUT2D eigenvalue weighted by molar-refractivity contribution is 5.66. The summed E-state index contributed by atoms with van der Waals surface area (Å²) in [5, 5.41) is 4.38. The lowest BCUT2D eigenvalue weighted by Crippen LogP contribution is -2.03. The molecule has 17 heavy (non-hydrogen) atoms. The van der Waals surface area contributed by atoms with E-state index in [0.717, 1.165) is 6.42 Å². The van der Waals surface area contributed by atoms with Crippen molar-refractivity contribution in [3.8, 4) is 11.1 Å². The zero-order chi connectivity index (χ0) is 12.3. The number of rotatable bonds is 4. The molecule has 2 aromatic rings. The van der Waals surface area contributed by atoms with Gasteiger partial charge in [0.2, 0.25) is 0 Å². The van der Waals surface area contributed by atoms with Crippen LogP contribution in [0.2, 0.25) is 0 Å². The van der Waals surface area contributed by atoms with Crippen LogP contribution in [0.3, 0.4) is 0 Å². The lowest BCUT2D eigenvalue weighted by Gasteiger charge is -2.06. The maximum Gasteiger partial charge on any atom is 0.0568 e. The van der Waals surface area contributed by atoms with Crippen LogP contribution >= 0.6 is 0 Å². The highest BCUT2D eigenvalue weighted by atomic mass is 15.3. The van der Waals surface area contributed by atoms with Gasteiger partial charge in [-0.05, 0) is 37.9 Å². The van der Waals surface area contributed by atoms with Crippen molar-refractivity contribution in [3.05, 3.63) is 42.2 Å². The monoisotopic (exact) mass is 229 g/mol. The number of hydrogen-bond donors (Lipinski definition) is 1. The van der Waals surface area contributed by atoms with E-state index in [2.05, 4.69) is 49.4 Å². The first-order valence-corrected chi connectivity index (χ1v) is 6.05. The van der Waals surface area contributed by atoms with Gasteiger partial charge >= 0.3 is 0 Å². The van der Waals surface area contributed by atoms with Crippen LogP contribution in [0.5, 0.6) is 0 Å². The van der Waals surface area contributed by atoms with Gasteiger partial charge in [0, 0.05) is 17.8 Å². The first kappa shape index (κ1) is 11.9. The van der Waals surface area contributed by atoms with Gasteiger partial charge < -0.3 is 5.73 Å². The molecule has 0 amide bonds. The van der Waals surface area contributed by atoms with E-state index in [1.54, 1.807) is 0 Å². The van der Waals surface area contributed by atoms with Gasteiger partial charge in [-0.2, -0.15) is 5.10 Å². The second-order valence-electron chi connectivity index (χ2n) is 4.50. The minimum atomic E-state index is 0.394. The Labute approximate surface area is 102 Å². The van der Waals surface area contributed by atoms with Crippen molar-refractivity contribution in [2.45, 2.75) is 26.3 Å². The summed E-state index contributed by atoms with van der Waals surface area (Å²) in [7, 11) is 0. The molecule has 1 aromatic heterocycles. The smallest absolute Gasteiger partial charge is 0.0568 e. The molecule has 3 heteroatoms. The third-order valence-corrected chi connectivity index (χ3v) is 2.87. The second-order valence-corrected chi connectivity index (χ2v) is 4.50. The summed E-state index contributed by atoms with van der Waals surface area (Å²) < 4.78 is 1.98. The minimum absolute atomic E-state index is 0.394. The highest BCUT2D eigenvalue weighted by Crippen LogP contribution is 2.24. The maximum atomic E-state index is 5.64. The molecule has 0 saturated carbocycles. The van der Waals surface area contributed by atoms with E-state index in [9.17, 15) is 0 Å². The van der Waals surface area contributed by atoms with Crippen LogP contribution in [0.1, 0.15) is 25.5 Å². The molecule has 3 nitrogen and oxygen atoms in total. The van der Waals surface area contributed by atoms with Crippen molar-refractivity contribution in [2.24, 2.45) is 5.73 Å². The quantitative estimate of drug-likeness (QED) is 0.875. The molecule has 0 aliphatic rings. The Morgan fingerprint density at radius 2 is 2.06 bits per heavy atom. The number of nitrogens with zero attached hydrogens (tertiary/aromatic N) is 2. The van der Waals surface area contributed by atoms with Gasteiger partial charge in [-0.25, -0.2) is 0 Å². The largest absolute Gasteiger partial charge is 0.330 e. The average molecular weight is 229 g/mol. The van der Waals surface area contributed by atoms with Gasteiger partial charge in [0.05, 0.1) is 6.20 Å². The highest BCUT2D eigenvalue weighted by Gasteiger charge is 2.07. The van der Waals surface area contributed by atoms with E-state index >= 15 is 0 Å². The fourth-order valence-electron chi connectivity index (χ4n) is 1.93. The number of aromatic nitrogens is 2. The third kappa shape index (κ3) is 2.56. The number of hydrogen-bond acceptors (Lipinski definition) is 2. The predicted molar refractivity (Wildman–Crippen MR) is 70.8 cm³/mol. The van der Waals surface area contributed by atoms with Crippen molar-refractivity contribution in [1.29, 1.82) is 0 Å². The van der Waals surface area contributed by atoms with Crippen LogP contribution in [0.4, 0.5) is 0 Å². The summed E-state index contributed by atoms with van der Waals surface area (Å²) in [4.78, 5) is 0. The molecule has 0 aliphatic heterocycles. The van der Waals surface area contributed by atoms with Crippen molar-refractivity contribution in [3.63, 3.8) is 0 Å². The lowest BCUT2D eigenvalue weighted by molar-refractivity contribution is 0.532. The SMILES string of the molecule is CC(C)n1cc(-c2ccccc2CCN)cn1. The average Bonchev–Trinajstić information content (AvgIpc) is 2.79. The molecule has 0 atom stereocenters. The molecule has 0 spiro atoms. The Hall–Kier alpha value is -1.61. The molecule has 1 heterocycles. The van der Waals surface area contributed by atoms with Gasteiger partial charge in [0.1, 0.15) is 0 Å². The molecule has 0 unspecified atom stereocenters. The summed E-state index contributed by atoms with van der Waals surface area (Å²) in [5.74, 6) is 0. The maximum absolute atomic E-state index is 5.64. The molecular weight excluding hydrogens is 210 g/mol. The molecule has 1 aromatic carbocycles. The molecule has 0 fully saturated rings. The first-order valence-electron chi connectivity index (χ1n) is 6.05. The van der Waals surface area contributed by atoms with Crippen molar-refractivity contribution < 1.29 is 0 Å². The number of benzene rings is 1. The molecule has 0 bridgehead atoms. The van der Waals surface area contributed by atoms with Crippen molar-refractivity contribution in [2.75, 3.05) is 6.54 Å². The topological polar surface area (TPSA) is 43.8 Å². The van der Waals surface area contributed by atoms with E-state index < -0.39 is 0 Å². The summed E-state index contributed by atoms with van der Waals surface area (Å²) in [6.45, 7) is 4.93. The Morgan fingerprint density at radius 1 is 1.29 bits per heavy atom. The van der Waals surface area contributed by atoms with Crippen molar-refractivity contribution in [1.82, 2.24) is 9.78 Å². The molecule has 90 valence electrons. The van der Waals surface area contributed by atoms with Gasteiger partial charge in [-0.3, -0.25) is 4.68 Å². The summed E-state index contributed by atoms with van der Waals surface area (Å²) >= 11 is 0. The van der Waals surface area contributed by atoms with Gasteiger partial charge in [0.15, 0.2) is 0 Å². The number of nitrogens with two attached hydrogens (primary N) is 1. The van der Waals surface area contributed by atoms with Crippen LogP contribution < -0.4 is 5.73 Å². The fourth-order valence-corrected chi connectivity index (χ4v) is 1.93. The first-order chi connectivity index (χ1) is 8.22. The Balaban J connectivity index is 2.38. The minimum Gasteiger partial charge on any atom is -0.330 e. The molecule has 2 rings (SSSR count). The van der Waals surface area contributed by atoms with Crippen LogP contribution in [0.15, 0.2) is 36.7 Å². The molecule has 0 radical (unpaired) electrons. The summed E-state index contributed by atoms with van der Waals surface area (Å²) in [6.07, 6.45) is 4.93. The molecule has 0 saturated heterocycles. The van der Waals surface area contributed by atoms with Crippen LogP contribution in [-0.2, 0) is 6.42 Å². The Kier molecular flexibility index (Phi) is 3.59. The summed E-state index contributed by atoms with van der Waals surface area (Å²) in [6, 6.07) is 8.77. The zero-order valence-corrected chi connectivity index (χ0v) is 10.4. The molecular formula is C14H19N3. The fraction of sp³-hybridized carbons (Fsp3) is 0.357. The van der Waals surface area contributed by atoms with Crippen LogP contribution in [0.25, 0.3) is 11.1 Å². The van der Waals surface area contributed by atoms with E-state index in [1.165, 1.54) is 16.7 Å². The summed E-state index contributed by atoms with van der Waals surface area (Å²) in [5.41, 5.74) is 9.34. The predicted octanol–water partition coefficient (Wildman–Crippen LogP) is 2.63. The van der Waals surface area contributed by atoms with E-state index in [0.29, 0.717) is 12.6 Å². The van der Waals surface area contributed by atoms with E-state index in [-0.39, 0.29) is 0 Å². The standard InChI is InChI=1S/C14H19N3/c1-11(2)17-10-13(9-16-17)14-6-4-3-5-12(14)7-8-15/h3-6,9-11H,7-8,15H2,1-2H3. The lowest BCUT2D eigenvalue weighted by atomic mass is 10.0. The van der Waals surface area contributed by atoms with Gasteiger partial charge in [-0.1, -0.05) is 24.3 Å². The Morgan fingerprint density at radius 3 is 2.71 bits per heavy atom. The third-order valence-electron chi connectivity index (χ3n) is 2.87. The van der Waals surface area contributed by atoms with Gasteiger partial charge in [0.25, 0.3) is 0 Å². The van der Waals surface area contributed by atoms with Crippen LogP contribution in [-0.4, -0.2) is 16.3 Å². The second kappa shape index (κ2) is 5.15. The Bertz CT molecular complexity index is 486. The van der Waals surface area contributed by atoms with E-state index in [4.69, 9.17) is 5.73 Å².